The van der Waals surface area contributed by atoms with Crippen molar-refractivity contribution in [2.24, 2.45) is 0 Å². The summed E-state index contributed by atoms with van der Waals surface area (Å²) in [5.74, 6) is 2.16. The molecule has 2 aliphatic rings. The van der Waals surface area contributed by atoms with Gasteiger partial charge in [0.25, 0.3) is 0 Å². The van der Waals surface area contributed by atoms with E-state index in [4.69, 9.17) is 16.6 Å². The van der Waals surface area contributed by atoms with Crippen LogP contribution < -0.4 is 10.6 Å². The van der Waals surface area contributed by atoms with Crippen LogP contribution in [0.3, 0.4) is 0 Å². The van der Waals surface area contributed by atoms with Gasteiger partial charge in [0.1, 0.15) is 17.5 Å². The fraction of sp³-hybridized carbons (Fsp3) is 0.429. The molecule has 0 saturated heterocycles. The van der Waals surface area contributed by atoms with Gasteiger partial charge in [-0.15, -0.1) is 0 Å². The molecule has 1 aliphatic carbocycles. The Labute approximate surface area is 175 Å². The second-order valence-corrected chi connectivity index (χ2v) is 8.00. The van der Waals surface area contributed by atoms with Crippen LogP contribution in [0.2, 0.25) is 5.02 Å². The molecule has 154 valence electrons. The standard InChI is InChI=1S/C21H26ClN5O2/c22-15-5-7-23-19(12-15)25-20-11-14-6-8-27(9-10-28)13-18(14)21(26-20)24-16-1-3-17(29)4-2-16/h5-8,11-12,16-17,28-29H,1-4,9-10,13H2,(H2,23,24,25,26). The molecule has 4 rings (SSSR count). The number of β-amino-alcohol motifs (C(OH)–C–C–N with tert-alkyl or cyclic N) is 1. The molecule has 0 radical (unpaired) electrons. The Bertz CT molecular complexity index is 883. The maximum Gasteiger partial charge on any atom is 0.134 e. The first-order valence-electron chi connectivity index (χ1n) is 10.0. The second-order valence-electron chi connectivity index (χ2n) is 7.57. The maximum atomic E-state index is 9.80. The molecule has 7 nitrogen and oxygen atoms in total. The molecule has 1 aliphatic heterocycles. The van der Waals surface area contributed by atoms with Crippen molar-refractivity contribution in [2.75, 3.05) is 23.8 Å². The summed E-state index contributed by atoms with van der Waals surface area (Å²) >= 11 is 6.07. The van der Waals surface area contributed by atoms with Gasteiger partial charge in [-0.1, -0.05) is 11.6 Å². The quantitative estimate of drug-likeness (QED) is 0.574. The molecule has 0 atom stereocenters. The highest BCUT2D eigenvalue weighted by Crippen LogP contribution is 2.31. The lowest BCUT2D eigenvalue weighted by atomic mass is 9.93. The van der Waals surface area contributed by atoms with E-state index in [0.717, 1.165) is 42.6 Å². The lowest BCUT2D eigenvalue weighted by Gasteiger charge is -2.30. The number of aliphatic hydroxyl groups excluding tert-OH is 2. The molecule has 0 aromatic carbocycles. The van der Waals surface area contributed by atoms with E-state index in [1.807, 2.05) is 18.3 Å². The number of pyridine rings is 2. The zero-order valence-electron chi connectivity index (χ0n) is 16.2. The molecule has 0 unspecified atom stereocenters. The van der Waals surface area contributed by atoms with Crippen LogP contribution in [-0.2, 0) is 6.54 Å². The number of anilines is 3. The van der Waals surface area contributed by atoms with Crippen LogP contribution in [0.25, 0.3) is 6.08 Å². The van der Waals surface area contributed by atoms with Crippen molar-refractivity contribution >= 4 is 35.1 Å². The van der Waals surface area contributed by atoms with Crippen LogP contribution in [0.5, 0.6) is 0 Å². The molecular formula is C21H26ClN5O2. The average Bonchev–Trinajstić information content (AvgIpc) is 2.70. The number of aliphatic hydroxyl groups is 2. The topological polar surface area (TPSA) is 93.5 Å². The Hall–Kier alpha value is -2.35. The molecule has 0 bridgehead atoms. The first-order valence-corrected chi connectivity index (χ1v) is 10.4. The summed E-state index contributed by atoms with van der Waals surface area (Å²) in [4.78, 5) is 11.2. The highest BCUT2D eigenvalue weighted by atomic mass is 35.5. The molecule has 0 amide bonds. The highest BCUT2D eigenvalue weighted by molar-refractivity contribution is 6.30. The fourth-order valence-corrected chi connectivity index (χ4v) is 3.99. The molecule has 3 heterocycles. The van der Waals surface area contributed by atoms with Gasteiger partial charge in [0.15, 0.2) is 0 Å². The number of nitrogens with zero attached hydrogens (tertiary/aromatic N) is 3. The number of hydrogen-bond donors (Lipinski definition) is 4. The van der Waals surface area contributed by atoms with Crippen molar-refractivity contribution in [1.29, 1.82) is 0 Å². The summed E-state index contributed by atoms with van der Waals surface area (Å²) in [6.45, 7) is 1.38. The summed E-state index contributed by atoms with van der Waals surface area (Å²) in [7, 11) is 0. The van der Waals surface area contributed by atoms with Crippen LogP contribution in [0.1, 0.15) is 36.8 Å². The number of nitrogens with one attached hydrogen (secondary N) is 2. The van der Waals surface area contributed by atoms with Gasteiger partial charge in [-0.05, 0) is 55.5 Å². The molecular weight excluding hydrogens is 390 g/mol. The van der Waals surface area contributed by atoms with Gasteiger partial charge >= 0.3 is 0 Å². The molecule has 2 aromatic heterocycles. The van der Waals surface area contributed by atoms with Gasteiger partial charge in [-0.3, -0.25) is 0 Å². The monoisotopic (exact) mass is 415 g/mol. The van der Waals surface area contributed by atoms with Crippen molar-refractivity contribution in [3.8, 4) is 0 Å². The Balaban J connectivity index is 1.62. The van der Waals surface area contributed by atoms with E-state index >= 15 is 0 Å². The molecule has 0 spiro atoms. The van der Waals surface area contributed by atoms with Gasteiger partial charge in [0.05, 0.1) is 12.7 Å². The van der Waals surface area contributed by atoms with E-state index in [9.17, 15) is 10.2 Å². The van der Waals surface area contributed by atoms with Crippen LogP contribution in [0.15, 0.2) is 30.6 Å². The summed E-state index contributed by atoms with van der Waals surface area (Å²) in [5.41, 5.74) is 2.19. The van der Waals surface area contributed by atoms with Crippen LogP contribution in [0, 0.1) is 0 Å². The minimum absolute atomic E-state index is 0.108. The summed E-state index contributed by atoms with van der Waals surface area (Å²) in [6.07, 6.45) is 8.95. The summed E-state index contributed by atoms with van der Waals surface area (Å²) in [5, 5.41) is 26.5. The Morgan fingerprint density at radius 1 is 1.17 bits per heavy atom. The van der Waals surface area contributed by atoms with Crippen LogP contribution in [-0.4, -0.2) is 50.4 Å². The molecule has 4 N–H and O–H groups in total. The number of halogens is 1. The van der Waals surface area contributed by atoms with E-state index in [-0.39, 0.29) is 18.8 Å². The van der Waals surface area contributed by atoms with Crippen molar-refractivity contribution in [1.82, 2.24) is 14.9 Å². The number of hydrogen-bond acceptors (Lipinski definition) is 7. The van der Waals surface area contributed by atoms with Crippen LogP contribution in [0.4, 0.5) is 17.5 Å². The maximum absolute atomic E-state index is 9.80. The first-order chi connectivity index (χ1) is 14.1. The summed E-state index contributed by atoms with van der Waals surface area (Å²) < 4.78 is 0. The Morgan fingerprint density at radius 2 is 2.00 bits per heavy atom. The molecule has 2 aromatic rings. The highest BCUT2D eigenvalue weighted by Gasteiger charge is 2.23. The summed E-state index contributed by atoms with van der Waals surface area (Å²) in [6, 6.07) is 5.78. The molecule has 8 heteroatoms. The van der Waals surface area contributed by atoms with Crippen molar-refractivity contribution in [3.05, 3.63) is 46.7 Å². The molecule has 1 fully saturated rings. The fourth-order valence-electron chi connectivity index (χ4n) is 3.83. The number of fused-ring (bicyclic) bond motifs is 1. The minimum atomic E-state index is -0.195. The predicted octanol–water partition coefficient (Wildman–Crippen LogP) is 3.37. The van der Waals surface area contributed by atoms with Crippen molar-refractivity contribution in [2.45, 2.75) is 44.4 Å². The van der Waals surface area contributed by atoms with Crippen molar-refractivity contribution < 1.29 is 10.2 Å². The third-order valence-corrected chi connectivity index (χ3v) is 5.62. The smallest absolute Gasteiger partial charge is 0.134 e. The largest absolute Gasteiger partial charge is 0.395 e. The van der Waals surface area contributed by atoms with Crippen molar-refractivity contribution in [3.63, 3.8) is 0 Å². The lowest BCUT2D eigenvalue weighted by Crippen LogP contribution is -2.30. The van der Waals surface area contributed by atoms with Gasteiger partial charge in [-0.2, -0.15) is 0 Å². The number of aromatic nitrogens is 2. The zero-order chi connectivity index (χ0) is 20.2. The van der Waals surface area contributed by atoms with Gasteiger partial charge in [0.2, 0.25) is 0 Å². The third kappa shape index (κ3) is 4.98. The van der Waals surface area contributed by atoms with Crippen LogP contribution >= 0.6 is 11.6 Å². The van der Waals surface area contributed by atoms with Gasteiger partial charge < -0.3 is 25.7 Å². The Kier molecular flexibility index (Phi) is 6.18. The second kappa shape index (κ2) is 8.98. The van der Waals surface area contributed by atoms with Gasteiger partial charge in [0, 0.05) is 42.1 Å². The van der Waals surface area contributed by atoms with E-state index < -0.39 is 0 Å². The van der Waals surface area contributed by atoms with E-state index in [0.29, 0.717) is 29.7 Å². The normalized spacial score (nSPS) is 21.0. The lowest BCUT2D eigenvalue weighted by molar-refractivity contribution is 0.126. The Morgan fingerprint density at radius 3 is 2.76 bits per heavy atom. The predicted molar refractivity (Wildman–Crippen MR) is 115 cm³/mol. The van der Waals surface area contributed by atoms with E-state index in [1.165, 1.54) is 0 Å². The van der Waals surface area contributed by atoms with E-state index in [2.05, 4.69) is 20.5 Å². The zero-order valence-corrected chi connectivity index (χ0v) is 16.9. The third-order valence-electron chi connectivity index (χ3n) is 5.39. The first kappa shape index (κ1) is 19.9. The minimum Gasteiger partial charge on any atom is -0.395 e. The molecule has 29 heavy (non-hydrogen) atoms. The molecule has 1 saturated carbocycles. The van der Waals surface area contributed by atoms with E-state index in [1.54, 1.807) is 18.3 Å². The average molecular weight is 416 g/mol. The van der Waals surface area contributed by atoms with Gasteiger partial charge in [-0.25, -0.2) is 9.97 Å². The number of rotatable bonds is 6. The SMILES string of the molecule is OCCN1C=Cc2cc(Nc3cc(Cl)ccn3)nc(NC3CCC(O)CC3)c2C1.